The van der Waals surface area contributed by atoms with Crippen LogP contribution in [0.2, 0.25) is 0 Å². The molecule has 0 aliphatic carbocycles. The Morgan fingerprint density at radius 1 is 1.31 bits per heavy atom. The minimum absolute atomic E-state index is 0.0296. The van der Waals surface area contributed by atoms with E-state index in [1.54, 1.807) is 0 Å². The van der Waals surface area contributed by atoms with Crippen molar-refractivity contribution in [3.05, 3.63) is 29.3 Å². The zero-order valence-corrected chi connectivity index (χ0v) is 10.0. The van der Waals surface area contributed by atoms with Crippen molar-refractivity contribution in [2.75, 3.05) is 18.5 Å². The van der Waals surface area contributed by atoms with E-state index in [0.717, 1.165) is 26.0 Å². The summed E-state index contributed by atoms with van der Waals surface area (Å²) < 4.78 is 5.53. The Morgan fingerprint density at radius 3 is 2.50 bits per heavy atom. The number of anilines is 1. The van der Waals surface area contributed by atoms with Gasteiger partial charge in [-0.3, -0.25) is 5.32 Å². The van der Waals surface area contributed by atoms with Crippen molar-refractivity contribution in [3.63, 3.8) is 0 Å². The lowest BCUT2D eigenvalue weighted by Crippen LogP contribution is -2.31. The summed E-state index contributed by atoms with van der Waals surface area (Å²) >= 11 is 0. The molecule has 0 amide bonds. The Kier molecular flexibility index (Phi) is 3.80. The number of ether oxygens (including phenoxy) is 1. The summed E-state index contributed by atoms with van der Waals surface area (Å²) in [6.45, 7) is 6.08. The van der Waals surface area contributed by atoms with E-state index in [4.69, 9.17) is 4.74 Å². The monoisotopic (exact) mass is 220 g/mol. The summed E-state index contributed by atoms with van der Waals surface area (Å²) in [4.78, 5) is 0. The summed E-state index contributed by atoms with van der Waals surface area (Å²) in [5.41, 5.74) is 3.96. The molecule has 88 valence electrons. The van der Waals surface area contributed by atoms with E-state index in [2.05, 4.69) is 42.7 Å². The van der Waals surface area contributed by atoms with Gasteiger partial charge in [-0.2, -0.15) is 0 Å². The van der Waals surface area contributed by atoms with Crippen LogP contribution in [-0.4, -0.2) is 19.5 Å². The highest BCUT2D eigenvalue weighted by atomic mass is 16.5. The molecule has 1 aliphatic rings. The molecule has 0 radical (unpaired) electrons. The number of nitrogens with one attached hydrogen (secondary N) is 2. The summed E-state index contributed by atoms with van der Waals surface area (Å²) in [7, 11) is 0. The predicted molar refractivity (Wildman–Crippen MR) is 66.6 cm³/mol. The Balaban J connectivity index is 2.21. The second kappa shape index (κ2) is 5.32. The minimum atomic E-state index is -0.0296. The van der Waals surface area contributed by atoms with Gasteiger partial charge in [-0.15, -0.1) is 0 Å². The summed E-state index contributed by atoms with van der Waals surface area (Å²) in [5, 5.41) is 6.72. The first-order chi connectivity index (χ1) is 7.85. The first-order valence-electron chi connectivity index (χ1n) is 6.07. The molecule has 2 rings (SSSR count). The number of aryl methyl sites for hydroxylation is 2. The third-order valence-corrected chi connectivity index (χ3v) is 2.99. The molecule has 0 bridgehead atoms. The third kappa shape index (κ3) is 2.36. The number of rotatable bonds is 4. The number of benzene rings is 1. The second-order valence-corrected chi connectivity index (χ2v) is 4.01. The number of para-hydroxylation sites is 1. The standard InChI is InChI=1S/C13H20N2O/c1-3-10-6-5-7-11(4-2)12(10)15-13-14-8-9-16-13/h5-7,13-15H,3-4,8-9H2,1-2H3. The van der Waals surface area contributed by atoms with Crippen molar-refractivity contribution in [2.24, 2.45) is 0 Å². The van der Waals surface area contributed by atoms with Crippen molar-refractivity contribution in [2.45, 2.75) is 33.0 Å². The molecule has 3 nitrogen and oxygen atoms in total. The molecular weight excluding hydrogens is 200 g/mol. The topological polar surface area (TPSA) is 33.3 Å². The molecule has 1 fully saturated rings. The van der Waals surface area contributed by atoms with Gasteiger partial charge in [0, 0.05) is 12.2 Å². The van der Waals surface area contributed by atoms with E-state index >= 15 is 0 Å². The molecule has 1 heterocycles. The number of hydrogen-bond acceptors (Lipinski definition) is 3. The highest BCUT2D eigenvalue weighted by Crippen LogP contribution is 2.23. The molecule has 1 unspecified atom stereocenters. The van der Waals surface area contributed by atoms with Gasteiger partial charge in [-0.25, -0.2) is 0 Å². The van der Waals surface area contributed by atoms with Crippen LogP contribution in [-0.2, 0) is 17.6 Å². The van der Waals surface area contributed by atoms with E-state index < -0.39 is 0 Å². The first kappa shape index (κ1) is 11.4. The van der Waals surface area contributed by atoms with Crippen LogP contribution in [0.1, 0.15) is 25.0 Å². The fourth-order valence-corrected chi connectivity index (χ4v) is 2.08. The van der Waals surface area contributed by atoms with Crippen LogP contribution in [0.3, 0.4) is 0 Å². The molecule has 1 aromatic carbocycles. The van der Waals surface area contributed by atoms with Crippen LogP contribution in [0.5, 0.6) is 0 Å². The van der Waals surface area contributed by atoms with E-state index in [1.807, 2.05) is 0 Å². The van der Waals surface area contributed by atoms with Crippen LogP contribution in [0.15, 0.2) is 18.2 Å². The highest BCUT2D eigenvalue weighted by Gasteiger charge is 2.16. The van der Waals surface area contributed by atoms with E-state index in [-0.39, 0.29) is 6.35 Å². The van der Waals surface area contributed by atoms with Gasteiger partial charge in [0.1, 0.15) is 0 Å². The zero-order chi connectivity index (χ0) is 11.4. The van der Waals surface area contributed by atoms with Crippen LogP contribution < -0.4 is 10.6 Å². The lowest BCUT2D eigenvalue weighted by atomic mass is 10.0. The van der Waals surface area contributed by atoms with Gasteiger partial charge in [0.25, 0.3) is 0 Å². The molecule has 0 saturated carbocycles. The summed E-state index contributed by atoms with van der Waals surface area (Å²) in [5.74, 6) is 0. The van der Waals surface area contributed by atoms with Crippen LogP contribution >= 0.6 is 0 Å². The molecule has 16 heavy (non-hydrogen) atoms. The van der Waals surface area contributed by atoms with Crippen LogP contribution in [0, 0.1) is 0 Å². The van der Waals surface area contributed by atoms with Crippen molar-refractivity contribution >= 4 is 5.69 Å². The van der Waals surface area contributed by atoms with Gasteiger partial charge in [0.2, 0.25) is 0 Å². The Hall–Kier alpha value is -1.06. The average molecular weight is 220 g/mol. The van der Waals surface area contributed by atoms with Crippen LogP contribution in [0.4, 0.5) is 5.69 Å². The molecule has 2 N–H and O–H groups in total. The maximum atomic E-state index is 5.53. The fourth-order valence-electron chi connectivity index (χ4n) is 2.08. The van der Waals surface area contributed by atoms with Gasteiger partial charge < -0.3 is 10.1 Å². The molecule has 1 aliphatic heterocycles. The SMILES string of the molecule is CCc1cccc(CC)c1NC1NCCO1. The quantitative estimate of drug-likeness (QED) is 0.815. The molecule has 1 aromatic rings. The Morgan fingerprint density at radius 2 is 2.00 bits per heavy atom. The van der Waals surface area contributed by atoms with Crippen molar-refractivity contribution in [1.82, 2.24) is 5.32 Å². The lowest BCUT2D eigenvalue weighted by Gasteiger charge is -2.19. The minimum Gasteiger partial charge on any atom is -0.347 e. The van der Waals surface area contributed by atoms with Crippen molar-refractivity contribution in [1.29, 1.82) is 0 Å². The van der Waals surface area contributed by atoms with E-state index in [0.29, 0.717) is 0 Å². The smallest absolute Gasteiger partial charge is 0.184 e. The summed E-state index contributed by atoms with van der Waals surface area (Å²) in [6.07, 6.45) is 2.06. The largest absolute Gasteiger partial charge is 0.347 e. The van der Waals surface area contributed by atoms with Gasteiger partial charge in [-0.05, 0) is 24.0 Å². The molecule has 1 saturated heterocycles. The fraction of sp³-hybridized carbons (Fsp3) is 0.538. The van der Waals surface area contributed by atoms with Gasteiger partial charge in [-0.1, -0.05) is 32.0 Å². The predicted octanol–water partition coefficient (Wildman–Crippen LogP) is 2.13. The van der Waals surface area contributed by atoms with Gasteiger partial charge >= 0.3 is 0 Å². The molecule has 3 heteroatoms. The van der Waals surface area contributed by atoms with E-state index in [9.17, 15) is 0 Å². The Labute approximate surface area is 97.2 Å². The van der Waals surface area contributed by atoms with E-state index in [1.165, 1.54) is 16.8 Å². The second-order valence-electron chi connectivity index (χ2n) is 4.01. The molecule has 1 atom stereocenters. The van der Waals surface area contributed by atoms with Crippen molar-refractivity contribution < 1.29 is 4.74 Å². The first-order valence-corrected chi connectivity index (χ1v) is 6.07. The van der Waals surface area contributed by atoms with Gasteiger partial charge in [0.05, 0.1) is 6.61 Å². The van der Waals surface area contributed by atoms with Gasteiger partial charge in [0.15, 0.2) is 6.35 Å². The normalized spacial score (nSPS) is 20.0. The molecule has 0 aromatic heterocycles. The Bertz CT molecular complexity index is 324. The highest BCUT2D eigenvalue weighted by molar-refractivity contribution is 5.58. The zero-order valence-electron chi connectivity index (χ0n) is 10.0. The third-order valence-electron chi connectivity index (χ3n) is 2.99. The lowest BCUT2D eigenvalue weighted by molar-refractivity contribution is 0.123. The molecular formula is C13H20N2O. The maximum absolute atomic E-state index is 5.53. The number of hydrogen-bond donors (Lipinski definition) is 2. The summed E-state index contributed by atoms with van der Waals surface area (Å²) in [6, 6.07) is 6.48. The maximum Gasteiger partial charge on any atom is 0.184 e. The molecule has 0 spiro atoms. The average Bonchev–Trinajstić information content (AvgIpc) is 2.82. The van der Waals surface area contributed by atoms with Crippen molar-refractivity contribution in [3.8, 4) is 0 Å². The van der Waals surface area contributed by atoms with Crippen LogP contribution in [0.25, 0.3) is 0 Å².